The summed E-state index contributed by atoms with van der Waals surface area (Å²) >= 11 is 4.95. The van der Waals surface area contributed by atoms with E-state index in [0.29, 0.717) is 17.7 Å². The third kappa shape index (κ3) is 3.47. The molecule has 0 unspecified atom stereocenters. The highest BCUT2D eigenvalue weighted by Gasteiger charge is 2.14. The van der Waals surface area contributed by atoms with Crippen LogP contribution in [0.2, 0.25) is 0 Å². The van der Waals surface area contributed by atoms with Crippen LogP contribution in [-0.4, -0.2) is 33.3 Å². The van der Waals surface area contributed by atoms with Crippen molar-refractivity contribution in [2.24, 2.45) is 0 Å². The highest BCUT2D eigenvalue weighted by atomic mass is 32.2. The van der Waals surface area contributed by atoms with Crippen LogP contribution >= 0.6 is 12.2 Å². The number of H-pyrrole nitrogens is 1. The number of rotatable bonds is 4. The molecule has 0 aliphatic rings. The fourth-order valence-corrected chi connectivity index (χ4v) is 3.15. The first-order valence-electron chi connectivity index (χ1n) is 7.25. The molecule has 7 heteroatoms. The number of carbonyl (C=O) groups is 1. The van der Waals surface area contributed by atoms with Gasteiger partial charge in [0.2, 0.25) is 0 Å². The number of fused-ring (bicyclic) bond motifs is 1. The Balaban J connectivity index is 1.77. The second-order valence-electron chi connectivity index (χ2n) is 5.48. The molecule has 5 nitrogen and oxygen atoms in total. The zero-order valence-corrected chi connectivity index (χ0v) is 14.9. The molecule has 3 rings (SSSR count). The second-order valence-corrected chi connectivity index (χ2v) is 7.24. The molecule has 0 fully saturated rings. The standard InChI is InChI=1S/C17H16N2O3S2/c1-19(10-11-3-6-13(7-4-11)24(2)21)16(20)12-5-8-14-15(9-12)22-17(23)18-14/h3-9H,10H2,1-2H3,(H,18,23)/t24-/m1/s1. The Morgan fingerprint density at radius 1 is 1.25 bits per heavy atom. The Morgan fingerprint density at radius 3 is 2.62 bits per heavy atom. The van der Waals surface area contributed by atoms with Crippen molar-refractivity contribution in [1.82, 2.24) is 9.88 Å². The lowest BCUT2D eigenvalue weighted by Gasteiger charge is -2.17. The zero-order valence-electron chi connectivity index (χ0n) is 13.2. The van der Waals surface area contributed by atoms with Crippen molar-refractivity contribution in [3.05, 3.63) is 58.4 Å². The summed E-state index contributed by atoms with van der Waals surface area (Å²) in [5, 5.41) is 0. The first-order chi connectivity index (χ1) is 11.4. The number of carbonyl (C=O) groups excluding carboxylic acids is 1. The number of hydrogen-bond donors (Lipinski definition) is 1. The summed E-state index contributed by atoms with van der Waals surface area (Å²) in [5.41, 5.74) is 2.84. The number of oxazole rings is 1. The van der Waals surface area contributed by atoms with E-state index in [-0.39, 0.29) is 10.7 Å². The summed E-state index contributed by atoms with van der Waals surface area (Å²) in [7, 11) is 0.739. The van der Waals surface area contributed by atoms with Crippen molar-refractivity contribution in [3.8, 4) is 0 Å². The fraction of sp³-hybridized carbons (Fsp3) is 0.176. The van der Waals surface area contributed by atoms with E-state index in [0.717, 1.165) is 16.0 Å². The number of hydrogen-bond acceptors (Lipinski definition) is 4. The maximum Gasteiger partial charge on any atom is 0.266 e. The van der Waals surface area contributed by atoms with Gasteiger partial charge in [-0.3, -0.25) is 9.00 Å². The third-order valence-corrected chi connectivity index (χ3v) is 4.81. The van der Waals surface area contributed by atoms with Crippen LogP contribution in [0.5, 0.6) is 0 Å². The van der Waals surface area contributed by atoms with E-state index in [1.807, 2.05) is 24.3 Å². The fourth-order valence-electron chi connectivity index (χ4n) is 2.43. The lowest BCUT2D eigenvalue weighted by Crippen LogP contribution is -2.26. The maximum absolute atomic E-state index is 12.6. The van der Waals surface area contributed by atoms with Crippen LogP contribution in [-0.2, 0) is 17.3 Å². The summed E-state index contributed by atoms with van der Waals surface area (Å²) in [6, 6.07) is 12.6. The van der Waals surface area contributed by atoms with Crippen LogP contribution in [0.3, 0.4) is 0 Å². The monoisotopic (exact) mass is 360 g/mol. The summed E-state index contributed by atoms with van der Waals surface area (Å²) < 4.78 is 16.8. The van der Waals surface area contributed by atoms with E-state index in [1.165, 1.54) is 0 Å². The molecule has 0 saturated heterocycles. The summed E-state index contributed by atoms with van der Waals surface area (Å²) in [4.78, 5) is 18.2. The predicted octanol–water partition coefficient (Wildman–Crippen LogP) is 3.50. The molecule has 0 radical (unpaired) electrons. The molecular weight excluding hydrogens is 344 g/mol. The molecule has 2 aromatic carbocycles. The minimum absolute atomic E-state index is 0.109. The molecule has 0 aliphatic heterocycles. The van der Waals surface area contributed by atoms with Gasteiger partial charge in [0, 0.05) is 41.1 Å². The lowest BCUT2D eigenvalue weighted by molar-refractivity contribution is 0.0785. The van der Waals surface area contributed by atoms with E-state index in [1.54, 1.807) is 36.4 Å². The van der Waals surface area contributed by atoms with Crippen molar-refractivity contribution in [2.75, 3.05) is 13.3 Å². The molecule has 124 valence electrons. The van der Waals surface area contributed by atoms with Gasteiger partial charge in [-0.25, -0.2) is 0 Å². The molecule has 0 aliphatic carbocycles. The number of aromatic nitrogens is 1. The van der Waals surface area contributed by atoms with Crippen LogP contribution in [0, 0.1) is 4.84 Å². The Morgan fingerprint density at radius 2 is 1.96 bits per heavy atom. The largest absolute Gasteiger partial charge is 0.429 e. The Bertz CT molecular complexity index is 973. The van der Waals surface area contributed by atoms with Gasteiger partial charge >= 0.3 is 0 Å². The summed E-state index contributed by atoms with van der Waals surface area (Å²) in [5.74, 6) is -0.109. The summed E-state index contributed by atoms with van der Waals surface area (Å²) in [6.45, 7) is 0.462. The Labute approximate surface area is 146 Å². The molecule has 3 aromatic rings. The van der Waals surface area contributed by atoms with Gasteiger partial charge in [0.25, 0.3) is 10.7 Å². The first kappa shape index (κ1) is 16.6. The average Bonchev–Trinajstić information content (AvgIpc) is 2.93. The van der Waals surface area contributed by atoms with Gasteiger partial charge in [0.15, 0.2) is 5.58 Å². The van der Waals surface area contributed by atoms with Gasteiger partial charge in [-0.1, -0.05) is 12.1 Å². The van der Waals surface area contributed by atoms with Crippen molar-refractivity contribution < 1.29 is 13.4 Å². The van der Waals surface area contributed by atoms with E-state index in [9.17, 15) is 9.00 Å². The third-order valence-electron chi connectivity index (χ3n) is 3.69. The Hall–Kier alpha value is -2.25. The van der Waals surface area contributed by atoms with Crippen LogP contribution in [0.15, 0.2) is 51.8 Å². The molecule has 1 aromatic heterocycles. The van der Waals surface area contributed by atoms with Crippen LogP contribution in [0.1, 0.15) is 15.9 Å². The van der Waals surface area contributed by atoms with Gasteiger partial charge in [-0.15, -0.1) is 0 Å². The van der Waals surface area contributed by atoms with Gasteiger partial charge in [0.1, 0.15) is 0 Å². The zero-order chi connectivity index (χ0) is 17.3. The molecule has 1 amide bonds. The minimum Gasteiger partial charge on any atom is -0.429 e. The number of amides is 1. The quantitative estimate of drug-likeness (QED) is 0.723. The van der Waals surface area contributed by atoms with Gasteiger partial charge < -0.3 is 14.3 Å². The van der Waals surface area contributed by atoms with Gasteiger partial charge in [-0.2, -0.15) is 0 Å². The normalized spacial score (nSPS) is 12.2. The lowest BCUT2D eigenvalue weighted by atomic mass is 10.1. The highest BCUT2D eigenvalue weighted by molar-refractivity contribution is 7.84. The van der Waals surface area contributed by atoms with Gasteiger partial charge in [0.05, 0.1) is 5.52 Å². The molecule has 1 atom stereocenters. The first-order valence-corrected chi connectivity index (χ1v) is 9.21. The topological polar surface area (TPSA) is 66.3 Å². The van der Waals surface area contributed by atoms with Gasteiger partial charge in [-0.05, 0) is 48.1 Å². The molecular formula is C17H16N2O3S2. The predicted molar refractivity (Wildman–Crippen MR) is 96.0 cm³/mol. The average molecular weight is 360 g/mol. The molecule has 24 heavy (non-hydrogen) atoms. The number of aromatic amines is 1. The second kappa shape index (κ2) is 6.70. The molecule has 1 N–H and O–H groups in total. The van der Waals surface area contributed by atoms with Crippen LogP contribution in [0.25, 0.3) is 11.1 Å². The SMILES string of the molecule is CN(Cc1ccc([S@@](C)=O)cc1)C(=O)c1ccc2[nH]c(=S)oc2c1. The van der Waals surface area contributed by atoms with Crippen molar-refractivity contribution >= 4 is 40.0 Å². The van der Waals surface area contributed by atoms with E-state index in [2.05, 4.69) is 4.98 Å². The molecule has 0 spiro atoms. The van der Waals surface area contributed by atoms with Crippen LogP contribution in [0.4, 0.5) is 0 Å². The number of nitrogens with zero attached hydrogens (tertiary/aromatic N) is 1. The number of nitrogens with one attached hydrogen (secondary N) is 1. The van der Waals surface area contributed by atoms with Crippen molar-refractivity contribution in [3.63, 3.8) is 0 Å². The number of benzene rings is 2. The summed E-state index contributed by atoms with van der Waals surface area (Å²) in [6.07, 6.45) is 1.64. The Kier molecular flexibility index (Phi) is 4.64. The van der Waals surface area contributed by atoms with Crippen LogP contribution < -0.4 is 0 Å². The van der Waals surface area contributed by atoms with E-state index < -0.39 is 10.8 Å². The van der Waals surface area contributed by atoms with Crippen molar-refractivity contribution in [2.45, 2.75) is 11.4 Å². The maximum atomic E-state index is 12.6. The minimum atomic E-state index is -1.00. The molecule has 0 saturated carbocycles. The smallest absolute Gasteiger partial charge is 0.266 e. The van der Waals surface area contributed by atoms with E-state index in [4.69, 9.17) is 16.6 Å². The van der Waals surface area contributed by atoms with Crippen molar-refractivity contribution in [1.29, 1.82) is 0 Å². The van der Waals surface area contributed by atoms with E-state index >= 15 is 0 Å². The molecule has 0 bridgehead atoms. The molecule has 1 heterocycles. The highest BCUT2D eigenvalue weighted by Crippen LogP contribution is 2.17.